The van der Waals surface area contributed by atoms with Gasteiger partial charge >= 0.3 is 5.69 Å². The summed E-state index contributed by atoms with van der Waals surface area (Å²) in [6.07, 6.45) is 4.14. The number of nitrogens with zero attached hydrogens (tertiary/aromatic N) is 3. The summed E-state index contributed by atoms with van der Waals surface area (Å²) < 4.78 is 1.26. The van der Waals surface area contributed by atoms with Crippen molar-refractivity contribution in [3.05, 3.63) is 69.0 Å². The second-order valence-electron chi connectivity index (χ2n) is 6.86. The van der Waals surface area contributed by atoms with Gasteiger partial charge in [-0.15, -0.1) is 0 Å². The van der Waals surface area contributed by atoms with Crippen molar-refractivity contribution in [2.75, 3.05) is 18.0 Å². The average Bonchev–Trinajstić information content (AvgIpc) is 3.25. The summed E-state index contributed by atoms with van der Waals surface area (Å²) in [6.45, 7) is 2.22. The lowest BCUT2D eigenvalue weighted by molar-refractivity contribution is -0.121. The quantitative estimate of drug-likeness (QED) is 0.689. The molecule has 0 atom stereocenters. The van der Waals surface area contributed by atoms with Gasteiger partial charge in [-0.05, 0) is 36.6 Å². The summed E-state index contributed by atoms with van der Waals surface area (Å²) >= 11 is 0. The van der Waals surface area contributed by atoms with Crippen LogP contribution in [0, 0.1) is 0 Å². The lowest BCUT2D eigenvalue weighted by Crippen LogP contribution is -2.36. The van der Waals surface area contributed by atoms with E-state index in [0.717, 1.165) is 24.5 Å². The predicted octanol–water partition coefficient (Wildman–Crippen LogP) is 1.00. The van der Waals surface area contributed by atoms with Crippen LogP contribution in [0.2, 0.25) is 0 Å². The molecule has 28 heavy (non-hydrogen) atoms. The molecule has 0 saturated carbocycles. The van der Waals surface area contributed by atoms with E-state index in [1.54, 1.807) is 30.5 Å². The van der Waals surface area contributed by atoms with Crippen molar-refractivity contribution in [3.63, 3.8) is 0 Å². The van der Waals surface area contributed by atoms with Crippen LogP contribution in [0.15, 0.2) is 52.2 Å². The molecular weight excluding hydrogens is 358 g/mol. The van der Waals surface area contributed by atoms with Gasteiger partial charge in [0.25, 0.3) is 5.56 Å². The first-order chi connectivity index (χ1) is 13.6. The Bertz CT molecular complexity index is 1110. The second kappa shape index (κ2) is 7.67. The number of para-hydroxylation sites is 1. The first-order valence-electron chi connectivity index (χ1n) is 9.30. The fourth-order valence-electron chi connectivity index (χ4n) is 3.45. The first kappa shape index (κ1) is 18.0. The molecule has 8 heteroatoms. The van der Waals surface area contributed by atoms with Crippen molar-refractivity contribution >= 4 is 22.6 Å². The molecule has 3 aromatic rings. The van der Waals surface area contributed by atoms with Crippen molar-refractivity contribution in [3.8, 4) is 0 Å². The summed E-state index contributed by atoms with van der Waals surface area (Å²) in [4.78, 5) is 45.3. The number of rotatable bonds is 5. The van der Waals surface area contributed by atoms with E-state index >= 15 is 0 Å². The number of fused-ring (bicyclic) bond motifs is 1. The molecule has 0 radical (unpaired) electrons. The Kier molecular flexibility index (Phi) is 4.92. The summed E-state index contributed by atoms with van der Waals surface area (Å²) in [5, 5.41) is 3.17. The van der Waals surface area contributed by atoms with Gasteiger partial charge in [0.2, 0.25) is 5.91 Å². The van der Waals surface area contributed by atoms with Crippen LogP contribution < -0.4 is 21.5 Å². The molecule has 1 amide bonds. The highest BCUT2D eigenvalue weighted by Gasteiger charge is 2.13. The van der Waals surface area contributed by atoms with E-state index in [-0.39, 0.29) is 12.5 Å². The minimum atomic E-state index is -0.601. The SMILES string of the molecule is O=C(Cn1c(=O)[nH]c(=O)c2ccccc21)NCc1ccc(N2CCCC2)nc1. The zero-order valence-corrected chi connectivity index (χ0v) is 15.4. The van der Waals surface area contributed by atoms with E-state index in [0.29, 0.717) is 17.4 Å². The standard InChI is InChI=1S/C20H21N5O3/c26-18(13-25-16-6-2-1-5-15(16)19(27)23-20(25)28)22-12-14-7-8-17(21-11-14)24-9-3-4-10-24/h1-2,5-8,11H,3-4,9-10,12-13H2,(H,22,26)(H,23,27,28). The molecule has 1 saturated heterocycles. The maximum Gasteiger partial charge on any atom is 0.329 e. The number of carbonyl (C=O) groups is 1. The topological polar surface area (TPSA) is 100 Å². The Morgan fingerprint density at radius 2 is 1.89 bits per heavy atom. The molecule has 1 fully saturated rings. The van der Waals surface area contributed by atoms with Gasteiger partial charge in [0, 0.05) is 25.8 Å². The van der Waals surface area contributed by atoms with Crippen LogP contribution >= 0.6 is 0 Å². The zero-order valence-electron chi connectivity index (χ0n) is 15.4. The van der Waals surface area contributed by atoms with Crippen molar-refractivity contribution in [2.24, 2.45) is 0 Å². The Morgan fingerprint density at radius 1 is 1.11 bits per heavy atom. The van der Waals surface area contributed by atoms with E-state index in [1.165, 1.54) is 17.4 Å². The maximum absolute atomic E-state index is 12.4. The fourth-order valence-corrected chi connectivity index (χ4v) is 3.45. The molecule has 2 aromatic heterocycles. The Morgan fingerprint density at radius 3 is 2.64 bits per heavy atom. The number of H-pyrrole nitrogens is 1. The molecule has 0 spiro atoms. The van der Waals surface area contributed by atoms with E-state index in [9.17, 15) is 14.4 Å². The molecule has 0 bridgehead atoms. The van der Waals surface area contributed by atoms with Crippen LogP contribution in [0.3, 0.4) is 0 Å². The van der Waals surface area contributed by atoms with Crippen LogP contribution in [0.4, 0.5) is 5.82 Å². The van der Waals surface area contributed by atoms with E-state index in [2.05, 4.69) is 20.2 Å². The van der Waals surface area contributed by atoms with Crippen molar-refractivity contribution in [1.82, 2.24) is 19.9 Å². The number of pyridine rings is 1. The molecule has 0 aliphatic carbocycles. The summed E-state index contributed by atoms with van der Waals surface area (Å²) in [5.41, 5.74) is 0.259. The van der Waals surface area contributed by atoms with Crippen molar-refractivity contribution in [2.45, 2.75) is 25.9 Å². The fraction of sp³-hybridized carbons (Fsp3) is 0.300. The van der Waals surface area contributed by atoms with Crippen LogP contribution in [-0.4, -0.2) is 33.5 Å². The Labute approximate surface area is 160 Å². The summed E-state index contributed by atoms with van der Waals surface area (Å²) in [6, 6.07) is 10.6. The minimum absolute atomic E-state index is 0.171. The molecule has 2 N–H and O–H groups in total. The number of benzene rings is 1. The normalized spacial score (nSPS) is 13.8. The van der Waals surface area contributed by atoms with Gasteiger partial charge < -0.3 is 10.2 Å². The van der Waals surface area contributed by atoms with Gasteiger partial charge in [0.15, 0.2) is 0 Å². The Hall–Kier alpha value is -3.42. The highest BCUT2D eigenvalue weighted by Crippen LogP contribution is 2.17. The number of aromatic nitrogens is 3. The maximum atomic E-state index is 12.4. The number of nitrogens with one attached hydrogen (secondary N) is 2. The van der Waals surface area contributed by atoms with Gasteiger partial charge in [-0.2, -0.15) is 0 Å². The third-order valence-electron chi connectivity index (χ3n) is 4.94. The van der Waals surface area contributed by atoms with Gasteiger partial charge in [0.1, 0.15) is 12.4 Å². The monoisotopic (exact) mass is 379 g/mol. The van der Waals surface area contributed by atoms with Crippen LogP contribution in [0.1, 0.15) is 18.4 Å². The third-order valence-corrected chi connectivity index (χ3v) is 4.94. The highest BCUT2D eigenvalue weighted by atomic mass is 16.2. The van der Waals surface area contributed by atoms with Crippen LogP contribution in [0.5, 0.6) is 0 Å². The molecule has 1 aliphatic rings. The van der Waals surface area contributed by atoms with E-state index < -0.39 is 11.2 Å². The number of hydrogen-bond acceptors (Lipinski definition) is 5. The number of anilines is 1. The number of amides is 1. The molecule has 1 aromatic carbocycles. The lowest BCUT2D eigenvalue weighted by Gasteiger charge is -2.16. The number of carbonyl (C=O) groups excluding carboxylic acids is 1. The van der Waals surface area contributed by atoms with Crippen LogP contribution in [0.25, 0.3) is 10.9 Å². The number of aromatic amines is 1. The second-order valence-corrected chi connectivity index (χ2v) is 6.86. The Balaban J connectivity index is 1.43. The highest BCUT2D eigenvalue weighted by molar-refractivity contribution is 5.81. The molecule has 0 unspecified atom stereocenters. The van der Waals surface area contributed by atoms with E-state index in [4.69, 9.17) is 0 Å². The van der Waals surface area contributed by atoms with Crippen LogP contribution in [-0.2, 0) is 17.9 Å². The molecule has 3 heterocycles. The first-order valence-corrected chi connectivity index (χ1v) is 9.30. The molecule has 4 rings (SSSR count). The average molecular weight is 379 g/mol. The van der Waals surface area contributed by atoms with Gasteiger partial charge in [-0.1, -0.05) is 18.2 Å². The molecule has 8 nitrogen and oxygen atoms in total. The molecule has 1 aliphatic heterocycles. The predicted molar refractivity (Wildman–Crippen MR) is 106 cm³/mol. The van der Waals surface area contributed by atoms with Gasteiger partial charge in [-0.25, -0.2) is 9.78 Å². The minimum Gasteiger partial charge on any atom is -0.357 e. The van der Waals surface area contributed by atoms with Gasteiger partial charge in [0.05, 0.1) is 10.9 Å². The summed E-state index contributed by atoms with van der Waals surface area (Å²) in [5.74, 6) is 0.641. The van der Waals surface area contributed by atoms with Crippen molar-refractivity contribution in [1.29, 1.82) is 0 Å². The van der Waals surface area contributed by atoms with Gasteiger partial charge in [-0.3, -0.25) is 19.1 Å². The molecular formula is C20H21N5O3. The van der Waals surface area contributed by atoms with E-state index in [1.807, 2.05) is 12.1 Å². The third kappa shape index (κ3) is 3.66. The number of hydrogen-bond donors (Lipinski definition) is 2. The lowest BCUT2D eigenvalue weighted by atomic mass is 10.2. The largest absolute Gasteiger partial charge is 0.357 e. The zero-order chi connectivity index (χ0) is 19.5. The van der Waals surface area contributed by atoms with Crippen molar-refractivity contribution < 1.29 is 4.79 Å². The molecule has 144 valence electrons. The smallest absolute Gasteiger partial charge is 0.329 e. The summed E-state index contributed by atoms with van der Waals surface area (Å²) in [7, 11) is 0.